The highest BCUT2D eigenvalue weighted by Crippen LogP contribution is 2.14. The molecule has 0 fully saturated rings. The van der Waals surface area contributed by atoms with Gasteiger partial charge < -0.3 is 10.1 Å². The van der Waals surface area contributed by atoms with Crippen molar-refractivity contribution in [1.82, 2.24) is 10.3 Å². The molecule has 110 valence electrons. The number of nitrogens with one attached hydrogen (secondary N) is 1. The van der Waals surface area contributed by atoms with Gasteiger partial charge in [-0.1, -0.05) is 12.1 Å². The maximum atomic E-state index is 12.0. The van der Waals surface area contributed by atoms with Crippen LogP contribution in [0.25, 0.3) is 0 Å². The van der Waals surface area contributed by atoms with Crippen molar-refractivity contribution >= 4 is 5.91 Å². The number of benzene rings is 1. The molecule has 1 amide bonds. The highest BCUT2D eigenvalue weighted by atomic mass is 16.5. The topological polar surface area (TPSA) is 51.2 Å². The lowest BCUT2D eigenvalue weighted by Crippen LogP contribution is -2.26. The quantitative estimate of drug-likeness (QED) is 0.887. The second kappa shape index (κ2) is 7.43. The molecule has 4 heteroatoms. The van der Waals surface area contributed by atoms with Gasteiger partial charge in [-0.2, -0.15) is 0 Å². The highest BCUT2D eigenvalue weighted by Gasteiger charge is 2.09. The van der Waals surface area contributed by atoms with E-state index in [1.807, 2.05) is 43.3 Å². The maximum Gasteiger partial charge on any atom is 0.220 e. The van der Waals surface area contributed by atoms with Gasteiger partial charge in [0.15, 0.2) is 0 Å². The number of carbonyl (C=O) groups is 1. The molecule has 2 rings (SSSR count). The molecule has 1 atom stereocenters. The Balaban J connectivity index is 1.84. The van der Waals surface area contributed by atoms with E-state index in [1.54, 1.807) is 19.5 Å². The number of aryl methyl sites for hydroxylation is 1. The summed E-state index contributed by atoms with van der Waals surface area (Å²) in [6.45, 7) is 1.97. The number of carbonyl (C=O) groups excluding carboxylic acids is 1. The third kappa shape index (κ3) is 4.60. The minimum atomic E-state index is -0.00851. The van der Waals surface area contributed by atoms with Crippen LogP contribution in [0, 0.1) is 0 Å². The molecule has 4 nitrogen and oxygen atoms in total. The molecular weight excluding hydrogens is 264 g/mol. The van der Waals surface area contributed by atoms with Crippen LogP contribution >= 0.6 is 0 Å². The molecular formula is C17H20N2O2. The van der Waals surface area contributed by atoms with Crippen molar-refractivity contribution in [3.05, 3.63) is 59.9 Å². The van der Waals surface area contributed by atoms with Crippen LogP contribution in [-0.2, 0) is 11.2 Å². The molecule has 21 heavy (non-hydrogen) atoms. The smallest absolute Gasteiger partial charge is 0.220 e. The number of methoxy groups -OCH3 is 1. The van der Waals surface area contributed by atoms with Crippen LogP contribution in [-0.4, -0.2) is 18.0 Å². The van der Waals surface area contributed by atoms with Gasteiger partial charge in [0.2, 0.25) is 5.91 Å². The van der Waals surface area contributed by atoms with Crippen LogP contribution in [0.3, 0.4) is 0 Å². The molecule has 2 aromatic rings. The summed E-state index contributed by atoms with van der Waals surface area (Å²) in [5.74, 6) is 0.861. The van der Waals surface area contributed by atoms with Gasteiger partial charge in [-0.15, -0.1) is 0 Å². The Bertz CT molecular complexity index is 584. The molecule has 0 bridgehead atoms. The zero-order valence-electron chi connectivity index (χ0n) is 12.4. The lowest BCUT2D eigenvalue weighted by atomic mass is 10.1. The van der Waals surface area contributed by atoms with Crippen molar-refractivity contribution in [3.8, 4) is 5.75 Å². The predicted molar refractivity (Wildman–Crippen MR) is 82.1 cm³/mol. The average Bonchev–Trinajstić information content (AvgIpc) is 2.54. The van der Waals surface area contributed by atoms with Gasteiger partial charge in [-0.05, 0) is 48.7 Å². The van der Waals surface area contributed by atoms with Gasteiger partial charge in [0.25, 0.3) is 0 Å². The standard InChI is InChI=1S/C17H20N2O2/c1-13(15-8-10-18-11-9-15)19-17(20)7-6-14-4-3-5-16(12-14)21-2/h3-5,8-13H,6-7H2,1-2H3,(H,19,20). The number of hydrogen-bond donors (Lipinski definition) is 1. The second-order valence-electron chi connectivity index (χ2n) is 4.92. The summed E-state index contributed by atoms with van der Waals surface area (Å²) < 4.78 is 5.18. The zero-order chi connectivity index (χ0) is 15.1. The largest absolute Gasteiger partial charge is 0.497 e. The van der Waals surface area contributed by atoms with E-state index >= 15 is 0 Å². The fourth-order valence-electron chi connectivity index (χ4n) is 2.13. The molecule has 1 unspecified atom stereocenters. The Hall–Kier alpha value is -2.36. The van der Waals surface area contributed by atoms with E-state index in [-0.39, 0.29) is 11.9 Å². The molecule has 0 saturated heterocycles. The van der Waals surface area contributed by atoms with E-state index in [0.717, 1.165) is 16.9 Å². The van der Waals surface area contributed by atoms with E-state index < -0.39 is 0 Å². The lowest BCUT2D eigenvalue weighted by Gasteiger charge is -2.14. The summed E-state index contributed by atoms with van der Waals surface area (Å²) in [4.78, 5) is 16.0. The van der Waals surface area contributed by atoms with Crippen molar-refractivity contribution in [2.24, 2.45) is 0 Å². The minimum absolute atomic E-state index is 0.00851. The molecule has 0 spiro atoms. The predicted octanol–water partition coefficient (Wildman–Crippen LogP) is 2.90. The minimum Gasteiger partial charge on any atom is -0.497 e. The zero-order valence-corrected chi connectivity index (χ0v) is 12.4. The summed E-state index contributed by atoms with van der Waals surface area (Å²) in [6.07, 6.45) is 4.62. The molecule has 0 aliphatic heterocycles. The van der Waals surface area contributed by atoms with Crippen LogP contribution in [0.1, 0.15) is 30.5 Å². The Kier molecular flexibility index (Phi) is 5.32. The third-order valence-corrected chi connectivity index (χ3v) is 3.36. The summed E-state index contributed by atoms with van der Waals surface area (Å²) in [7, 11) is 1.64. The number of rotatable bonds is 6. The first-order valence-electron chi connectivity index (χ1n) is 7.01. The second-order valence-corrected chi connectivity index (χ2v) is 4.92. The van der Waals surface area contributed by atoms with Gasteiger partial charge in [0.1, 0.15) is 5.75 Å². The molecule has 0 aliphatic carbocycles. The molecule has 1 aromatic heterocycles. The number of ether oxygens (including phenoxy) is 1. The Morgan fingerprint density at radius 1 is 1.29 bits per heavy atom. The van der Waals surface area contributed by atoms with Crippen molar-refractivity contribution in [3.63, 3.8) is 0 Å². The summed E-state index contributed by atoms with van der Waals surface area (Å²) in [5.41, 5.74) is 2.15. The normalized spacial score (nSPS) is 11.7. The first kappa shape index (κ1) is 15.0. The first-order valence-corrected chi connectivity index (χ1v) is 7.01. The van der Waals surface area contributed by atoms with Crippen LogP contribution in [0.4, 0.5) is 0 Å². The van der Waals surface area contributed by atoms with Gasteiger partial charge in [-0.3, -0.25) is 9.78 Å². The highest BCUT2D eigenvalue weighted by molar-refractivity contribution is 5.76. The summed E-state index contributed by atoms with van der Waals surface area (Å²) in [5, 5.41) is 3.00. The Morgan fingerprint density at radius 3 is 2.76 bits per heavy atom. The van der Waals surface area contributed by atoms with E-state index in [1.165, 1.54) is 0 Å². The van der Waals surface area contributed by atoms with E-state index in [2.05, 4.69) is 10.3 Å². The average molecular weight is 284 g/mol. The first-order chi connectivity index (χ1) is 10.2. The number of aromatic nitrogens is 1. The molecule has 0 saturated carbocycles. The molecule has 1 N–H and O–H groups in total. The molecule has 0 radical (unpaired) electrons. The molecule has 1 heterocycles. The van der Waals surface area contributed by atoms with Crippen LogP contribution in [0.5, 0.6) is 5.75 Å². The SMILES string of the molecule is COc1cccc(CCC(=O)NC(C)c2ccncc2)c1. The third-order valence-electron chi connectivity index (χ3n) is 3.36. The monoisotopic (exact) mass is 284 g/mol. The fourth-order valence-corrected chi connectivity index (χ4v) is 2.13. The Labute approximate surface area is 125 Å². The van der Waals surface area contributed by atoms with Crippen LogP contribution < -0.4 is 10.1 Å². The number of nitrogens with zero attached hydrogens (tertiary/aromatic N) is 1. The van der Waals surface area contributed by atoms with E-state index in [0.29, 0.717) is 12.8 Å². The van der Waals surface area contributed by atoms with Crippen molar-refractivity contribution < 1.29 is 9.53 Å². The van der Waals surface area contributed by atoms with Crippen LogP contribution in [0.15, 0.2) is 48.8 Å². The van der Waals surface area contributed by atoms with Gasteiger partial charge in [0, 0.05) is 18.8 Å². The van der Waals surface area contributed by atoms with Crippen molar-refractivity contribution in [1.29, 1.82) is 0 Å². The summed E-state index contributed by atoms with van der Waals surface area (Å²) in [6, 6.07) is 11.6. The number of hydrogen-bond acceptors (Lipinski definition) is 3. The lowest BCUT2D eigenvalue weighted by molar-refractivity contribution is -0.121. The number of amides is 1. The van der Waals surface area contributed by atoms with Crippen LogP contribution in [0.2, 0.25) is 0 Å². The molecule has 1 aromatic carbocycles. The van der Waals surface area contributed by atoms with Crippen molar-refractivity contribution in [2.45, 2.75) is 25.8 Å². The van der Waals surface area contributed by atoms with E-state index in [4.69, 9.17) is 4.74 Å². The maximum absolute atomic E-state index is 12.0. The van der Waals surface area contributed by atoms with Crippen molar-refractivity contribution in [2.75, 3.05) is 7.11 Å². The Morgan fingerprint density at radius 2 is 2.05 bits per heavy atom. The van der Waals surface area contributed by atoms with Gasteiger partial charge in [-0.25, -0.2) is 0 Å². The fraction of sp³-hybridized carbons (Fsp3) is 0.294. The number of pyridine rings is 1. The van der Waals surface area contributed by atoms with E-state index in [9.17, 15) is 4.79 Å². The summed E-state index contributed by atoms with van der Waals surface area (Å²) >= 11 is 0. The van der Waals surface area contributed by atoms with Gasteiger partial charge >= 0.3 is 0 Å². The molecule has 0 aliphatic rings. The van der Waals surface area contributed by atoms with Gasteiger partial charge in [0.05, 0.1) is 13.2 Å².